The summed E-state index contributed by atoms with van der Waals surface area (Å²) in [5.74, 6) is 2.51. The molecule has 1 saturated carbocycles. The summed E-state index contributed by atoms with van der Waals surface area (Å²) in [6, 6.07) is 8.55. The predicted molar refractivity (Wildman–Crippen MR) is 63.4 cm³/mol. The highest BCUT2D eigenvalue weighted by molar-refractivity contribution is 5.30. The van der Waals surface area contributed by atoms with Crippen LogP contribution >= 0.6 is 0 Å². The molecule has 0 aromatic heterocycles. The number of rotatable bonds is 5. The fourth-order valence-electron chi connectivity index (χ4n) is 1.65. The van der Waals surface area contributed by atoms with Crippen molar-refractivity contribution in [2.24, 2.45) is 5.92 Å². The molecule has 0 saturated heterocycles. The van der Waals surface area contributed by atoms with Crippen molar-refractivity contribution in [2.75, 3.05) is 6.61 Å². The van der Waals surface area contributed by atoms with Gasteiger partial charge in [0.05, 0.1) is 6.61 Å². The topological polar surface area (TPSA) is 9.23 Å². The van der Waals surface area contributed by atoms with Crippen LogP contribution in [-0.4, -0.2) is 6.61 Å². The zero-order valence-electron chi connectivity index (χ0n) is 9.70. The van der Waals surface area contributed by atoms with Crippen molar-refractivity contribution in [3.8, 4) is 5.75 Å². The van der Waals surface area contributed by atoms with Gasteiger partial charge in [-0.2, -0.15) is 0 Å². The lowest BCUT2D eigenvalue weighted by Crippen LogP contribution is -2.00. The Morgan fingerprint density at radius 3 is 2.87 bits per heavy atom. The summed E-state index contributed by atoms with van der Waals surface area (Å²) in [4.78, 5) is 0. The molecule has 15 heavy (non-hydrogen) atoms. The Labute approximate surface area is 92.5 Å². The molecule has 0 spiro atoms. The lowest BCUT2D eigenvalue weighted by Gasteiger charge is -2.11. The first-order chi connectivity index (χ1) is 7.29. The van der Waals surface area contributed by atoms with Gasteiger partial charge in [-0.25, -0.2) is 0 Å². The van der Waals surface area contributed by atoms with Crippen molar-refractivity contribution in [1.82, 2.24) is 0 Å². The molecule has 0 N–H and O–H groups in total. The van der Waals surface area contributed by atoms with Gasteiger partial charge in [-0.1, -0.05) is 26.0 Å². The lowest BCUT2D eigenvalue weighted by molar-refractivity contribution is 0.299. The molecule has 1 atom stereocenters. The van der Waals surface area contributed by atoms with Crippen LogP contribution in [0.4, 0.5) is 0 Å². The van der Waals surface area contributed by atoms with Crippen LogP contribution in [0.1, 0.15) is 44.6 Å². The molecule has 0 radical (unpaired) electrons. The molecular weight excluding hydrogens is 184 g/mol. The Hall–Kier alpha value is -0.980. The first-order valence-electron chi connectivity index (χ1n) is 6.02. The first-order valence-corrected chi connectivity index (χ1v) is 6.02. The summed E-state index contributed by atoms with van der Waals surface area (Å²) in [7, 11) is 0. The average Bonchev–Trinajstić information content (AvgIpc) is 3.09. The summed E-state index contributed by atoms with van der Waals surface area (Å²) in [5.41, 5.74) is 1.39. The zero-order chi connectivity index (χ0) is 10.7. The van der Waals surface area contributed by atoms with Gasteiger partial charge in [0, 0.05) is 0 Å². The minimum absolute atomic E-state index is 0.634. The normalized spacial score (nSPS) is 17.5. The Morgan fingerprint density at radius 2 is 2.20 bits per heavy atom. The van der Waals surface area contributed by atoms with E-state index < -0.39 is 0 Å². The molecule has 0 bridgehead atoms. The van der Waals surface area contributed by atoms with Gasteiger partial charge < -0.3 is 4.74 Å². The molecule has 82 valence electrons. The molecule has 0 unspecified atom stereocenters. The van der Waals surface area contributed by atoms with Gasteiger partial charge >= 0.3 is 0 Å². The van der Waals surface area contributed by atoms with Crippen molar-refractivity contribution in [2.45, 2.75) is 39.0 Å². The summed E-state index contributed by atoms with van der Waals surface area (Å²) in [6.07, 6.45) is 3.89. The van der Waals surface area contributed by atoms with Gasteiger partial charge in [0.15, 0.2) is 0 Å². The number of hydrogen-bond acceptors (Lipinski definition) is 1. The summed E-state index contributed by atoms with van der Waals surface area (Å²) < 4.78 is 5.77. The van der Waals surface area contributed by atoms with E-state index in [0.717, 1.165) is 18.3 Å². The van der Waals surface area contributed by atoms with Gasteiger partial charge in [-0.3, -0.25) is 0 Å². The third kappa shape index (κ3) is 2.98. The van der Waals surface area contributed by atoms with E-state index in [9.17, 15) is 0 Å². The highest BCUT2D eigenvalue weighted by Gasteiger charge is 2.21. The first kappa shape index (κ1) is 10.5. The van der Waals surface area contributed by atoms with Crippen molar-refractivity contribution < 1.29 is 4.74 Å². The molecule has 0 heterocycles. The molecule has 1 aliphatic carbocycles. The van der Waals surface area contributed by atoms with Crippen molar-refractivity contribution >= 4 is 0 Å². The standard InChI is InChI=1S/C14H20O/c1-3-11(2)13-5-4-6-14(9-13)15-10-12-7-8-12/h4-6,9,11-12H,3,7-8,10H2,1-2H3/t11-/m1/s1. The molecule has 1 fully saturated rings. The minimum Gasteiger partial charge on any atom is -0.493 e. The van der Waals surface area contributed by atoms with Gasteiger partial charge in [0.2, 0.25) is 0 Å². The van der Waals surface area contributed by atoms with E-state index >= 15 is 0 Å². The fraction of sp³-hybridized carbons (Fsp3) is 0.571. The predicted octanol–water partition coefficient (Wildman–Crippen LogP) is 3.99. The van der Waals surface area contributed by atoms with E-state index in [1.165, 1.54) is 24.8 Å². The number of hydrogen-bond donors (Lipinski definition) is 0. The molecule has 1 aromatic carbocycles. The lowest BCUT2D eigenvalue weighted by atomic mass is 9.99. The van der Waals surface area contributed by atoms with Crippen molar-refractivity contribution in [3.05, 3.63) is 29.8 Å². The second-order valence-corrected chi connectivity index (χ2v) is 4.64. The maximum absolute atomic E-state index is 5.77. The van der Waals surface area contributed by atoms with E-state index in [0.29, 0.717) is 5.92 Å². The number of benzene rings is 1. The quantitative estimate of drug-likeness (QED) is 0.704. The van der Waals surface area contributed by atoms with Crippen LogP contribution in [0.5, 0.6) is 5.75 Å². The van der Waals surface area contributed by atoms with Crippen LogP contribution < -0.4 is 4.74 Å². The molecule has 2 rings (SSSR count). The maximum atomic E-state index is 5.77. The van der Waals surface area contributed by atoms with Crippen LogP contribution in [0, 0.1) is 5.92 Å². The average molecular weight is 204 g/mol. The monoisotopic (exact) mass is 204 g/mol. The molecular formula is C14H20O. The van der Waals surface area contributed by atoms with E-state index in [-0.39, 0.29) is 0 Å². The van der Waals surface area contributed by atoms with Gasteiger partial charge in [-0.15, -0.1) is 0 Å². The Morgan fingerprint density at radius 1 is 1.40 bits per heavy atom. The third-order valence-electron chi connectivity index (χ3n) is 3.22. The maximum Gasteiger partial charge on any atom is 0.119 e. The third-order valence-corrected chi connectivity index (χ3v) is 3.22. The minimum atomic E-state index is 0.634. The smallest absolute Gasteiger partial charge is 0.119 e. The molecule has 1 aromatic rings. The Bertz CT molecular complexity index is 315. The van der Waals surface area contributed by atoms with Crippen molar-refractivity contribution in [3.63, 3.8) is 0 Å². The molecule has 1 nitrogen and oxygen atoms in total. The van der Waals surface area contributed by atoms with Crippen LogP contribution in [0.2, 0.25) is 0 Å². The molecule has 1 heteroatoms. The molecule has 0 amide bonds. The van der Waals surface area contributed by atoms with E-state index in [1.54, 1.807) is 0 Å². The van der Waals surface area contributed by atoms with Crippen LogP contribution in [-0.2, 0) is 0 Å². The van der Waals surface area contributed by atoms with E-state index in [1.807, 2.05) is 0 Å². The highest BCUT2D eigenvalue weighted by Crippen LogP contribution is 2.30. The van der Waals surface area contributed by atoms with Crippen LogP contribution in [0.15, 0.2) is 24.3 Å². The summed E-state index contributed by atoms with van der Waals surface area (Å²) >= 11 is 0. The second-order valence-electron chi connectivity index (χ2n) is 4.64. The van der Waals surface area contributed by atoms with E-state index in [4.69, 9.17) is 4.74 Å². The van der Waals surface area contributed by atoms with Gasteiger partial charge in [0.25, 0.3) is 0 Å². The van der Waals surface area contributed by atoms with Gasteiger partial charge in [-0.05, 0) is 48.8 Å². The highest BCUT2D eigenvalue weighted by atomic mass is 16.5. The Balaban J connectivity index is 1.97. The summed E-state index contributed by atoms with van der Waals surface area (Å²) in [6.45, 7) is 5.40. The second kappa shape index (κ2) is 4.69. The fourth-order valence-corrected chi connectivity index (χ4v) is 1.65. The Kier molecular flexibility index (Phi) is 3.30. The van der Waals surface area contributed by atoms with Crippen LogP contribution in [0.25, 0.3) is 0 Å². The SMILES string of the molecule is CC[C@@H](C)c1cccc(OCC2CC2)c1. The van der Waals surface area contributed by atoms with E-state index in [2.05, 4.69) is 38.1 Å². The molecule has 0 aliphatic heterocycles. The van der Waals surface area contributed by atoms with Gasteiger partial charge in [0.1, 0.15) is 5.75 Å². The number of ether oxygens (including phenoxy) is 1. The van der Waals surface area contributed by atoms with Crippen LogP contribution in [0.3, 0.4) is 0 Å². The zero-order valence-corrected chi connectivity index (χ0v) is 9.70. The van der Waals surface area contributed by atoms with Crippen molar-refractivity contribution in [1.29, 1.82) is 0 Å². The summed E-state index contributed by atoms with van der Waals surface area (Å²) in [5, 5.41) is 0. The molecule has 1 aliphatic rings. The largest absolute Gasteiger partial charge is 0.493 e.